The third-order valence-corrected chi connectivity index (χ3v) is 3.28. The second-order valence-corrected chi connectivity index (χ2v) is 4.72. The first kappa shape index (κ1) is 12.9. The van der Waals surface area contributed by atoms with Gasteiger partial charge in [0.25, 0.3) is 5.56 Å². The van der Waals surface area contributed by atoms with Crippen molar-refractivity contribution in [2.75, 3.05) is 11.9 Å². The van der Waals surface area contributed by atoms with E-state index < -0.39 is 0 Å². The topological polar surface area (TPSA) is 57.8 Å². The van der Waals surface area contributed by atoms with Crippen molar-refractivity contribution in [3.05, 3.63) is 33.8 Å². The summed E-state index contributed by atoms with van der Waals surface area (Å²) in [5.41, 5.74) is 2.28. The number of aryl methyl sites for hydroxylation is 1. The molecule has 0 bridgehead atoms. The van der Waals surface area contributed by atoms with Gasteiger partial charge in [-0.15, -0.1) is 0 Å². The zero-order chi connectivity index (χ0) is 12.8. The maximum Gasteiger partial charge on any atom is 0.252 e. The average molecular weight is 247 g/mol. The molecular formula is C14H21N3O. The maximum atomic E-state index is 11.4. The number of anilines is 1. The molecule has 0 aliphatic heterocycles. The molecule has 0 spiro atoms. The number of allylic oxidation sites excluding steroid dienone is 1. The number of rotatable bonds is 5. The van der Waals surface area contributed by atoms with Crippen LogP contribution in [0.15, 0.2) is 22.5 Å². The van der Waals surface area contributed by atoms with E-state index in [-0.39, 0.29) is 5.56 Å². The van der Waals surface area contributed by atoms with Gasteiger partial charge in [0.1, 0.15) is 0 Å². The van der Waals surface area contributed by atoms with Crippen molar-refractivity contribution < 1.29 is 0 Å². The van der Waals surface area contributed by atoms with Crippen molar-refractivity contribution in [1.82, 2.24) is 9.97 Å². The summed E-state index contributed by atoms with van der Waals surface area (Å²) < 4.78 is 0. The minimum absolute atomic E-state index is 0.0822. The zero-order valence-electron chi connectivity index (χ0n) is 11.0. The Hall–Kier alpha value is -1.58. The second kappa shape index (κ2) is 6.38. The molecule has 98 valence electrons. The number of hydrogen-bond donors (Lipinski definition) is 2. The molecule has 1 aromatic heterocycles. The SMILES string of the molecule is CCc1cc(=O)[nH]c(NCCC2=CCCCC2)n1. The lowest BCUT2D eigenvalue weighted by molar-refractivity contribution is 0.679. The van der Waals surface area contributed by atoms with E-state index in [2.05, 4.69) is 21.4 Å². The Morgan fingerprint density at radius 3 is 3.06 bits per heavy atom. The molecule has 0 radical (unpaired) electrons. The van der Waals surface area contributed by atoms with Crippen LogP contribution in [-0.4, -0.2) is 16.5 Å². The molecule has 1 heterocycles. The summed E-state index contributed by atoms with van der Waals surface area (Å²) >= 11 is 0. The standard InChI is InChI=1S/C14H21N3O/c1-2-12-10-13(18)17-14(16-12)15-9-8-11-6-4-3-5-7-11/h6,10H,2-5,7-9H2,1H3,(H2,15,16,17,18). The lowest BCUT2D eigenvalue weighted by Crippen LogP contribution is -2.15. The molecule has 4 heteroatoms. The van der Waals surface area contributed by atoms with Crippen LogP contribution in [0.3, 0.4) is 0 Å². The van der Waals surface area contributed by atoms with Gasteiger partial charge in [0.15, 0.2) is 0 Å². The molecule has 1 aromatic rings. The summed E-state index contributed by atoms with van der Waals surface area (Å²) in [6.45, 7) is 2.83. The first-order valence-electron chi connectivity index (χ1n) is 6.80. The Labute approximate surface area is 108 Å². The third-order valence-electron chi connectivity index (χ3n) is 3.28. The number of nitrogens with one attached hydrogen (secondary N) is 2. The van der Waals surface area contributed by atoms with Crippen LogP contribution in [-0.2, 0) is 6.42 Å². The molecule has 2 rings (SSSR count). The van der Waals surface area contributed by atoms with Gasteiger partial charge in [-0.1, -0.05) is 18.6 Å². The zero-order valence-corrected chi connectivity index (χ0v) is 11.0. The smallest absolute Gasteiger partial charge is 0.252 e. The highest BCUT2D eigenvalue weighted by molar-refractivity contribution is 5.25. The van der Waals surface area contributed by atoms with Gasteiger partial charge < -0.3 is 5.32 Å². The van der Waals surface area contributed by atoms with Crippen molar-refractivity contribution in [1.29, 1.82) is 0 Å². The Bertz CT molecular complexity index is 476. The number of nitrogens with zero attached hydrogens (tertiary/aromatic N) is 1. The van der Waals surface area contributed by atoms with Crippen LogP contribution in [0.2, 0.25) is 0 Å². The summed E-state index contributed by atoms with van der Waals surface area (Å²) in [6.07, 6.45) is 9.25. The highest BCUT2D eigenvalue weighted by atomic mass is 16.1. The normalized spacial score (nSPS) is 15.3. The number of hydrogen-bond acceptors (Lipinski definition) is 3. The molecule has 1 aliphatic carbocycles. The van der Waals surface area contributed by atoms with Gasteiger partial charge in [-0.2, -0.15) is 0 Å². The van der Waals surface area contributed by atoms with Crippen LogP contribution >= 0.6 is 0 Å². The Morgan fingerprint density at radius 2 is 2.33 bits per heavy atom. The van der Waals surface area contributed by atoms with E-state index in [9.17, 15) is 4.79 Å². The van der Waals surface area contributed by atoms with Crippen LogP contribution in [0.1, 0.15) is 44.7 Å². The molecule has 2 N–H and O–H groups in total. The number of aromatic amines is 1. The molecule has 0 atom stereocenters. The van der Waals surface area contributed by atoms with Gasteiger partial charge in [0.2, 0.25) is 5.95 Å². The number of aromatic nitrogens is 2. The minimum atomic E-state index is -0.0822. The second-order valence-electron chi connectivity index (χ2n) is 4.72. The predicted octanol–water partition coefficient (Wildman–Crippen LogP) is 2.63. The van der Waals surface area contributed by atoms with Crippen molar-refractivity contribution in [2.24, 2.45) is 0 Å². The van der Waals surface area contributed by atoms with E-state index in [0.29, 0.717) is 5.95 Å². The highest BCUT2D eigenvalue weighted by Crippen LogP contribution is 2.19. The molecule has 0 amide bonds. The fraction of sp³-hybridized carbons (Fsp3) is 0.571. The average Bonchev–Trinajstić information content (AvgIpc) is 2.39. The molecular weight excluding hydrogens is 226 g/mol. The first-order valence-corrected chi connectivity index (χ1v) is 6.80. The van der Waals surface area contributed by atoms with Crippen molar-refractivity contribution in [3.63, 3.8) is 0 Å². The minimum Gasteiger partial charge on any atom is -0.355 e. The van der Waals surface area contributed by atoms with Gasteiger partial charge in [-0.3, -0.25) is 9.78 Å². The van der Waals surface area contributed by atoms with Gasteiger partial charge in [-0.25, -0.2) is 4.98 Å². The lowest BCUT2D eigenvalue weighted by atomic mass is 9.97. The van der Waals surface area contributed by atoms with Gasteiger partial charge in [0.05, 0.1) is 0 Å². The van der Waals surface area contributed by atoms with Crippen LogP contribution in [0.5, 0.6) is 0 Å². The molecule has 0 fully saturated rings. The van der Waals surface area contributed by atoms with E-state index in [1.807, 2.05) is 6.92 Å². The van der Waals surface area contributed by atoms with Crippen molar-refractivity contribution >= 4 is 5.95 Å². The third kappa shape index (κ3) is 3.72. The monoisotopic (exact) mass is 247 g/mol. The van der Waals surface area contributed by atoms with E-state index in [4.69, 9.17) is 0 Å². The summed E-state index contributed by atoms with van der Waals surface area (Å²) in [7, 11) is 0. The Kier molecular flexibility index (Phi) is 4.56. The summed E-state index contributed by atoms with van der Waals surface area (Å²) in [6, 6.07) is 1.55. The molecule has 0 saturated heterocycles. The van der Waals surface area contributed by atoms with E-state index in [1.165, 1.54) is 31.3 Å². The quantitative estimate of drug-likeness (QED) is 0.786. The van der Waals surface area contributed by atoms with E-state index in [1.54, 1.807) is 6.07 Å². The Balaban J connectivity index is 1.88. The van der Waals surface area contributed by atoms with E-state index >= 15 is 0 Å². The largest absolute Gasteiger partial charge is 0.355 e. The van der Waals surface area contributed by atoms with Crippen molar-refractivity contribution in [2.45, 2.75) is 45.4 Å². The van der Waals surface area contributed by atoms with Gasteiger partial charge >= 0.3 is 0 Å². The highest BCUT2D eigenvalue weighted by Gasteiger charge is 2.04. The molecule has 0 unspecified atom stereocenters. The number of H-pyrrole nitrogens is 1. The maximum absolute atomic E-state index is 11.4. The van der Waals surface area contributed by atoms with Crippen molar-refractivity contribution in [3.8, 4) is 0 Å². The first-order chi connectivity index (χ1) is 8.78. The van der Waals surface area contributed by atoms with Crippen LogP contribution < -0.4 is 10.9 Å². The van der Waals surface area contributed by atoms with Crippen LogP contribution in [0, 0.1) is 0 Å². The van der Waals surface area contributed by atoms with Gasteiger partial charge in [-0.05, 0) is 38.5 Å². The van der Waals surface area contributed by atoms with E-state index in [0.717, 1.165) is 25.1 Å². The summed E-state index contributed by atoms with van der Waals surface area (Å²) in [5.74, 6) is 0.593. The van der Waals surface area contributed by atoms with Crippen LogP contribution in [0.4, 0.5) is 5.95 Å². The molecule has 18 heavy (non-hydrogen) atoms. The van der Waals surface area contributed by atoms with Crippen LogP contribution in [0.25, 0.3) is 0 Å². The van der Waals surface area contributed by atoms with Gasteiger partial charge in [0, 0.05) is 18.3 Å². The summed E-state index contributed by atoms with van der Waals surface area (Å²) in [4.78, 5) is 18.5. The molecule has 4 nitrogen and oxygen atoms in total. The summed E-state index contributed by atoms with van der Waals surface area (Å²) in [5, 5.41) is 3.20. The Morgan fingerprint density at radius 1 is 1.44 bits per heavy atom. The fourth-order valence-corrected chi connectivity index (χ4v) is 2.25. The molecule has 1 aliphatic rings. The molecule has 0 saturated carbocycles. The lowest BCUT2D eigenvalue weighted by Gasteiger charge is -2.13. The predicted molar refractivity (Wildman–Crippen MR) is 73.9 cm³/mol. The molecule has 0 aromatic carbocycles. The fourth-order valence-electron chi connectivity index (χ4n) is 2.25.